The van der Waals surface area contributed by atoms with Crippen LogP contribution in [0.3, 0.4) is 0 Å². The minimum atomic E-state index is -0.0915. The summed E-state index contributed by atoms with van der Waals surface area (Å²) in [7, 11) is 1.77. The van der Waals surface area contributed by atoms with Crippen molar-refractivity contribution in [3.8, 4) is 0 Å². The van der Waals surface area contributed by atoms with E-state index in [-0.39, 0.29) is 18.1 Å². The van der Waals surface area contributed by atoms with Gasteiger partial charge in [-0.2, -0.15) is 5.10 Å². The van der Waals surface area contributed by atoms with Gasteiger partial charge in [-0.3, -0.25) is 14.9 Å². The summed E-state index contributed by atoms with van der Waals surface area (Å²) in [6, 6.07) is 3.94. The van der Waals surface area contributed by atoms with Crippen LogP contribution < -0.4 is 0 Å². The first-order valence-corrected chi connectivity index (χ1v) is 7.85. The Morgan fingerprint density at radius 2 is 2.22 bits per heavy atom. The monoisotopic (exact) mass is 314 g/mol. The first-order chi connectivity index (χ1) is 11.0. The highest BCUT2D eigenvalue weighted by Gasteiger charge is 2.30. The second kappa shape index (κ2) is 6.12. The summed E-state index contributed by atoms with van der Waals surface area (Å²) in [5, 5.41) is 7.21. The van der Waals surface area contributed by atoms with Crippen molar-refractivity contribution in [3.05, 3.63) is 46.5 Å². The lowest BCUT2D eigenvalue weighted by molar-refractivity contribution is -0.00701. The van der Waals surface area contributed by atoms with Gasteiger partial charge in [-0.15, -0.1) is 0 Å². The predicted octanol–water partition coefficient (Wildman–Crippen LogP) is 2.41. The minimum absolute atomic E-state index is 0.0631. The molecule has 0 spiro atoms. The summed E-state index contributed by atoms with van der Waals surface area (Å²) in [5.74, 6) is -0.0915. The van der Waals surface area contributed by atoms with E-state index >= 15 is 0 Å². The van der Waals surface area contributed by atoms with Crippen molar-refractivity contribution in [2.75, 3.05) is 7.05 Å². The van der Waals surface area contributed by atoms with Crippen LogP contribution >= 0.6 is 0 Å². The van der Waals surface area contributed by atoms with E-state index in [1.165, 1.54) is 0 Å². The summed E-state index contributed by atoms with van der Waals surface area (Å²) >= 11 is 0. The standard InChI is InChI=1S/C17H22N4O2/c1-10-5-6-13(18-8-10)9-21(4)17(22)16-14-7-11(2)23-12(3)15(14)19-20-16/h5-6,8,11-12H,7,9H2,1-4H3,(H,19,20)/t11-,12+/m1/s1. The molecule has 1 aliphatic rings. The van der Waals surface area contributed by atoms with Gasteiger partial charge in [-0.05, 0) is 32.4 Å². The molecule has 2 atom stereocenters. The Morgan fingerprint density at radius 3 is 2.91 bits per heavy atom. The number of rotatable bonds is 3. The lowest BCUT2D eigenvalue weighted by atomic mass is 9.99. The van der Waals surface area contributed by atoms with Crippen molar-refractivity contribution in [1.29, 1.82) is 0 Å². The van der Waals surface area contributed by atoms with Crippen molar-refractivity contribution in [2.45, 2.75) is 45.9 Å². The van der Waals surface area contributed by atoms with Crippen molar-refractivity contribution in [2.24, 2.45) is 0 Å². The zero-order valence-electron chi connectivity index (χ0n) is 14.0. The third-order valence-electron chi connectivity index (χ3n) is 4.15. The molecule has 122 valence electrons. The number of aryl methyl sites for hydroxylation is 1. The fraction of sp³-hybridized carbons (Fsp3) is 0.471. The number of hydrogen-bond donors (Lipinski definition) is 1. The maximum absolute atomic E-state index is 12.7. The van der Waals surface area contributed by atoms with Gasteiger partial charge in [0.1, 0.15) is 0 Å². The van der Waals surface area contributed by atoms with E-state index in [0.29, 0.717) is 18.7 Å². The van der Waals surface area contributed by atoms with Gasteiger partial charge in [0, 0.05) is 25.2 Å². The number of amides is 1. The van der Waals surface area contributed by atoms with E-state index in [2.05, 4.69) is 15.2 Å². The van der Waals surface area contributed by atoms with Gasteiger partial charge in [0.25, 0.3) is 5.91 Å². The molecule has 1 N–H and O–H groups in total. The number of nitrogens with one attached hydrogen (secondary N) is 1. The first kappa shape index (κ1) is 15.7. The van der Waals surface area contributed by atoms with Gasteiger partial charge in [-0.1, -0.05) is 6.07 Å². The number of aromatic amines is 1. The quantitative estimate of drug-likeness (QED) is 0.944. The van der Waals surface area contributed by atoms with E-state index in [1.807, 2.05) is 39.1 Å². The second-order valence-electron chi connectivity index (χ2n) is 6.25. The number of aromatic nitrogens is 3. The van der Waals surface area contributed by atoms with E-state index in [9.17, 15) is 4.79 Å². The molecule has 6 heteroatoms. The Hall–Kier alpha value is -2.21. The number of hydrogen-bond acceptors (Lipinski definition) is 4. The summed E-state index contributed by atoms with van der Waals surface area (Å²) in [4.78, 5) is 18.7. The number of ether oxygens (including phenoxy) is 1. The highest BCUT2D eigenvalue weighted by molar-refractivity contribution is 5.93. The highest BCUT2D eigenvalue weighted by atomic mass is 16.5. The molecule has 3 rings (SSSR count). The number of H-pyrrole nitrogens is 1. The number of fused-ring (bicyclic) bond motifs is 1. The van der Waals surface area contributed by atoms with Gasteiger partial charge in [0.05, 0.1) is 30.1 Å². The minimum Gasteiger partial charge on any atom is -0.369 e. The number of pyridine rings is 1. The van der Waals surface area contributed by atoms with Gasteiger partial charge < -0.3 is 9.64 Å². The summed E-state index contributed by atoms with van der Waals surface area (Å²) in [6.07, 6.45) is 2.54. The SMILES string of the molecule is Cc1ccc(CN(C)C(=O)c2n[nH]c3c2C[C@@H](C)O[C@H]3C)nc1. The number of carbonyl (C=O) groups is 1. The van der Waals surface area contributed by atoms with E-state index in [4.69, 9.17) is 4.74 Å². The molecular weight excluding hydrogens is 292 g/mol. The van der Waals surface area contributed by atoms with Crippen LogP contribution in [-0.4, -0.2) is 39.1 Å². The van der Waals surface area contributed by atoms with Crippen LogP contribution in [0.1, 0.15) is 53.0 Å². The Morgan fingerprint density at radius 1 is 1.43 bits per heavy atom. The van der Waals surface area contributed by atoms with Crippen molar-refractivity contribution < 1.29 is 9.53 Å². The van der Waals surface area contributed by atoms with Crippen LogP contribution in [0.25, 0.3) is 0 Å². The Kier molecular flexibility index (Phi) is 4.17. The average Bonchev–Trinajstić information content (AvgIpc) is 2.92. The topological polar surface area (TPSA) is 71.1 Å². The zero-order chi connectivity index (χ0) is 16.6. The van der Waals surface area contributed by atoms with Gasteiger partial charge in [0.15, 0.2) is 5.69 Å². The fourth-order valence-electron chi connectivity index (χ4n) is 2.94. The molecule has 0 radical (unpaired) electrons. The molecule has 0 saturated heterocycles. The van der Waals surface area contributed by atoms with Crippen molar-refractivity contribution in [1.82, 2.24) is 20.1 Å². The molecule has 0 unspecified atom stereocenters. The smallest absolute Gasteiger partial charge is 0.274 e. The molecule has 0 fully saturated rings. The lowest BCUT2D eigenvalue weighted by Gasteiger charge is -2.25. The Labute approximate surface area is 135 Å². The largest absolute Gasteiger partial charge is 0.369 e. The number of nitrogens with zero attached hydrogens (tertiary/aromatic N) is 3. The lowest BCUT2D eigenvalue weighted by Crippen LogP contribution is -2.29. The summed E-state index contributed by atoms with van der Waals surface area (Å²) in [6.45, 7) is 6.44. The van der Waals surface area contributed by atoms with Crippen LogP contribution in [0.4, 0.5) is 0 Å². The fourth-order valence-corrected chi connectivity index (χ4v) is 2.94. The predicted molar refractivity (Wildman–Crippen MR) is 86.0 cm³/mol. The van der Waals surface area contributed by atoms with Crippen LogP contribution in [0.2, 0.25) is 0 Å². The molecule has 6 nitrogen and oxygen atoms in total. The van der Waals surface area contributed by atoms with Crippen LogP contribution in [-0.2, 0) is 17.7 Å². The molecule has 23 heavy (non-hydrogen) atoms. The molecule has 0 aliphatic carbocycles. The average molecular weight is 314 g/mol. The maximum Gasteiger partial charge on any atom is 0.274 e. The third kappa shape index (κ3) is 3.12. The second-order valence-corrected chi connectivity index (χ2v) is 6.25. The highest BCUT2D eigenvalue weighted by Crippen LogP contribution is 2.30. The Balaban J connectivity index is 1.79. The Bertz CT molecular complexity index is 708. The molecule has 2 aromatic rings. The van der Waals surface area contributed by atoms with Crippen molar-refractivity contribution in [3.63, 3.8) is 0 Å². The van der Waals surface area contributed by atoms with E-state index in [1.54, 1.807) is 11.9 Å². The molecule has 0 saturated carbocycles. The molecule has 1 aliphatic heterocycles. The maximum atomic E-state index is 12.7. The van der Waals surface area contributed by atoms with Crippen molar-refractivity contribution >= 4 is 5.91 Å². The van der Waals surface area contributed by atoms with E-state index < -0.39 is 0 Å². The molecule has 0 aromatic carbocycles. The molecule has 0 bridgehead atoms. The van der Waals surface area contributed by atoms with Gasteiger partial charge in [-0.25, -0.2) is 0 Å². The third-order valence-corrected chi connectivity index (χ3v) is 4.15. The van der Waals surface area contributed by atoms with E-state index in [0.717, 1.165) is 22.5 Å². The normalized spacial score (nSPS) is 20.2. The zero-order valence-corrected chi connectivity index (χ0v) is 14.0. The van der Waals surface area contributed by atoms with Gasteiger partial charge in [0.2, 0.25) is 0 Å². The molecular formula is C17H22N4O2. The first-order valence-electron chi connectivity index (χ1n) is 7.85. The van der Waals surface area contributed by atoms with Gasteiger partial charge >= 0.3 is 0 Å². The summed E-state index contributed by atoms with van der Waals surface area (Å²) in [5.41, 5.74) is 4.35. The molecule has 2 aromatic heterocycles. The summed E-state index contributed by atoms with van der Waals surface area (Å²) < 4.78 is 5.77. The molecule has 3 heterocycles. The van der Waals surface area contributed by atoms with Crippen LogP contribution in [0.5, 0.6) is 0 Å². The van der Waals surface area contributed by atoms with Crippen LogP contribution in [0.15, 0.2) is 18.3 Å². The molecule has 1 amide bonds. The number of carbonyl (C=O) groups excluding carboxylic acids is 1. The van der Waals surface area contributed by atoms with Crippen LogP contribution in [0, 0.1) is 6.92 Å².